The molecule has 3 aromatic rings. The van der Waals surface area contributed by atoms with Crippen molar-refractivity contribution in [1.82, 2.24) is 24.0 Å². The number of hydrogen-bond acceptors (Lipinski definition) is 12. The maximum Gasteiger partial charge on any atom is 0.264 e. The third-order valence-electron chi connectivity index (χ3n) is 5.79. The van der Waals surface area contributed by atoms with Crippen LogP contribution in [0.1, 0.15) is 32.4 Å². The molecule has 39 heavy (non-hydrogen) atoms. The summed E-state index contributed by atoms with van der Waals surface area (Å²) in [4.78, 5) is 4.44. The van der Waals surface area contributed by atoms with Gasteiger partial charge in [-0.25, -0.2) is 18.1 Å². The molecular formula is C23H33N5O9S2. The van der Waals surface area contributed by atoms with Crippen LogP contribution in [-0.2, 0) is 38.5 Å². The second kappa shape index (κ2) is 12.7. The fourth-order valence-electron chi connectivity index (χ4n) is 3.96. The van der Waals surface area contributed by atoms with E-state index in [1.165, 1.54) is 12.4 Å². The Hall–Kier alpha value is -2.63. The Kier molecular flexibility index (Phi) is 9.56. The molecule has 4 heterocycles. The molecule has 16 heteroatoms. The second-order valence-electron chi connectivity index (χ2n) is 9.15. The van der Waals surface area contributed by atoms with Gasteiger partial charge in [-0.3, -0.25) is 4.18 Å². The summed E-state index contributed by atoms with van der Waals surface area (Å²) >= 11 is 0. The van der Waals surface area contributed by atoms with Crippen molar-refractivity contribution in [2.24, 2.45) is 0 Å². The van der Waals surface area contributed by atoms with E-state index in [4.69, 9.17) is 24.0 Å². The zero-order valence-corrected chi connectivity index (χ0v) is 23.7. The Morgan fingerprint density at radius 3 is 2.59 bits per heavy atom. The first-order valence-electron chi connectivity index (χ1n) is 12.4. The third-order valence-corrected chi connectivity index (χ3v) is 7.26. The molecule has 4 rings (SSSR count). The first kappa shape index (κ1) is 29.4. The van der Waals surface area contributed by atoms with Crippen LogP contribution in [0.25, 0.3) is 22.2 Å². The number of ether oxygens (including phenoxy) is 4. The molecule has 0 aliphatic carbocycles. The van der Waals surface area contributed by atoms with Gasteiger partial charge in [0.1, 0.15) is 12.3 Å². The van der Waals surface area contributed by atoms with Crippen LogP contribution in [0.4, 0.5) is 0 Å². The van der Waals surface area contributed by atoms with Crippen LogP contribution >= 0.6 is 0 Å². The first-order valence-corrected chi connectivity index (χ1v) is 16.1. The van der Waals surface area contributed by atoms with Gasteiger partial charge in [0, 0.05) is 23.6 Å². The highest BCUT2D eigenvalue weighted by atomic mass is 32.2. The molecule has 2 unspecified atom stereocenters. The second-order valence-corrected chi connectivity index (χ2v) is 12.6. The highest BCUT2D eigenvalue weighted by Crippen LogP contribution is 2.34. The van der Waals surface area contributed by atoms with Crippen molar-refractivity contribution in [3.8, 4) is 17.1 Å². The predicted octanol–water partition coefficient (Wildman–Crippen LogP) is 1.58. The van der Waals surface area contributed by atoms with Crippen molar-refractivity contribution in [2.75, 3.05) is 52.2 Å². The van der Waals surface area contributed by atoms with Crippen molar-refractivity contribution >= 4 is 31.0 Å². The minimum absolute atomic E-state index is 0.0495. The minimum Gasteiger partial charge on any atom is -0.475 e. The molecule has 0 amide bonds. The van der Waals surface area contributed by atoms with E-state index in [1.54, 1.807) is 16.9 Å². The number of pyridine rings is 1. The molecule has 216 valence electrons. The molecule has 0 bridgehead atoms. The summed E-state index contributed by atoms with van der Waals surface area (Å²) in [5, 5.41) is 9.47. The van der Waals surface area contributed by atoms with Crippen molar-refractivity contribution in [3.05, 3.63) is 24.7 Å². The smallest absolute Gasteiger partial charge is 0.264 e. The van der Waals surface area contributed by atoms with Gasteiger partial charge in [-0.15, -0.1) is 0 Å². The zero-order chi connectivity index (χ0) is 28.0. The molecule has 0 spiro atoms. The third kappa shape index (κ3) is 8.18. The zero-order valence-electron chi connectivity index (χ0n) is 22.1. The summed E-state index contributed by atoms with van der Waals surface area (Å²) < 4.78 is 75.8. The van der Waals surface area contributed by atoms with E-state index in [2.05, 4.69) is 14.3 Å². The average molecular weight is 588 g/mol. The fraction of sp³-hybridized carbons (Fsp3) is 0.609. The first-order chi connectivity index (χ1) is 18.5. The molecular weight excluding hydrogens is 554 g/mol. The van der Waals surface area contributed by atoms with Crippen LogP contribution in [0.2, 0.25) is 0 Å². The summed E-state index contributed by atoms with van der Waals surface area (Å²) in [6.07, 6.45) is 8.90. The van der Waals surface area contributed by atoms with Gasteiger partial charge in [0.25, 0.3) is 20.1 Å². The van der Waals surface area contributed by atoms with Gasteiger partial charge in [0.15, 0.2) is 6.23 Å². The summed E-state index contributed by atoms with van der Waals surface area (Å²) in [7, 11) is -7.03. The molecule has 1 fully saturated rings. The number of rotatable bonds is 14. The van der Waals surface area contributed by atoms with Gasteiger partial charge in [-0.2, -0.15) is 22.7 Å². The normalized spacial score (nSPS) is 17.5. The molecule has 1 saturated heterocycles. The van der Waals surface area contributed by atoms with E-state index in [0.717, 1.165) is 46.8 Å². The van der Waals surface area contributed by atoms with Gasteiger partial charge in [-0.05, 0) is 26.2 Å². The summed E-state index contributed by atoms with van der Waals surface area (Å²) in [5.41, 5.74) is 1.82. The van der Waals surface area contributed by atoms with E-state index in [0.29, 0.717) is 30.4 Å². The van der Waals surface area contributed by atoms with E-state index in [1.807, 2.05) is 6.92 Å². The molecule has 0 radical (unpaired) electrons. The number of hydrogen-bond donors (Lipinski definition) is 0. The summed E-state index contributed by atoms with van der Waals surface area (Å²) in [5.74, 6) is 0.355. The lowest BCUT2D eigenvalue weighted by Crippen LogP contribution is -2.21. The number of fused-ring (bicyclic) bond motifs is 1. The Morgan fingerprint density at radius 2 is 1.90 bits per heavy atom. The van der Waals surface area contributed by atoms with Crippen molar-refractivity contribution in [3.63, 3.8) is 0 Å². The molecule has 3 aromatic heterocycles. The van der Waals surface area contributed by atoms with Crippen molar-refractivity contribution in [2.45, 2.75) is 38.5 Å². The SMILES string of the molecule is CC(COc1cc2c(-c3cnn(S(C)(=O)=O)c3)nn(C3CCCCO3)c2cn1)OCCOCCOS(C)(=O)=O. The monoisotopic (exact) mass is 587 g/mol. The van der Waals surface area contributed by atoms with Gasteiger partial charge in [0.2, 0.25) is 5.88 Å². The number of aromatic nitrogens is 5. The van der Waals surface area contributed by atoms with Crippen LogP contribution in [0, 0.1) is 0 Å². The number of nitrogens with zero attached hydrogens (tertiary/aromatic N) is 5. The lowest BCUT2D eigenvalue weighted by atomic mass is 10.1. The minimum atomic E-state index is -3.55. The predicted molar refractivity (Wildman–Crippen MR) is 140 cm³/mol. The molecule has 14 nitrogen and oxygen atoms in total. The summed E-state index contributed by atoms with van der Waals surface area (Å²) in [6, 6.07) is 1.76. The van der Waals surface area contributed by atoms with Gasteiger partial charge in [-0.1, -0.05) is 0 Å². The van der Waals surface area contributed by atoms with E-state index in [9.17, 15) is 16.8 Å². The van der Waals surface area contributed by atoms with E-state index >= 15 is 0 Å². The van der Waals surface area contributed by atoms with Gasteiger partial charge < -0.3 is 18.9 Å². The van der Waals surface area contributed by atoms with Gasteiger partial charge in [0.05, 0.1) is 69.2 Å². The van der Waals surface area contributed by atoms with Gasteiger partial charge >= 0.3 is 0 Å². The lowest BCUT2D eigenvalue weighted by Gasteiger charge is -2.23. The fourth-order valence-corrected chi connectivity index (χ4v) is 4.85. The van der Waals surface area contributed by atoms with Crippen molar-refractivity contribution in [1.29, 1.82) is 0 Å². The van der Waals surface area contributed by atoms with E-state index < -0.39 is 20.1 Å². The lowest BCUT2D eigenvalue weighted by molar-refractivity contribution is -0.0365. The molecule has 0 N–H and O–H groups in total. The molecule has 1 aliphatic heterocycles. The molecule has 0 saturated carbocycles. The standard InChI is InChI=1S/C23H33N5O9S2/c1-17(34-10-8-33-9-11-37-39(3,31)32)16-36-21-12-19-20(14-24-21)28(22-6-4-5-7-35-22)26-23(19)18-13-25-27(15-18)38(2,29)30/h12-15,17,22H,4-11,16H2,1-3H3. The molecule has 1 aliphatic rings. The largest absolute Gasteiger partial charge is 0.475 e. The van der Waals surface area contributed by atoms with Crippen LogP contribution in [0.15, 0.2) is 24.7 Å². The quantitative estimate of drug-likeness (QED) is 0.198. The van der Waals surface area contributed by atoms with Crippen LogP contribution in [-0.4, -0.2) is 99.0 Å². The molecule has 0 aromatic carbocycles. The van der Waals surface area contributed by atoms with Crippen LogP contribution in [0.3, 0.4) is 0 Å². The Morgan fingerprint density at radius 1 is 1.10 bits per heavy atom. The van der Waals surface area contributed by atoms with Crippen LogP contribution < -0.4 is 4.74 Å². The van der Waals surface area contributed by atoms with Crippen molar-refractivity contribution < 1.29 is 40.0 Å². The topological polar surface area (TPSA) is 163 Å². The Bertz CT molecular complexity index is 1460. The highest BCUT2D eigenvalue weighted by Gasteiger charge is 2.24. The van der Waals surface area contributed by atoms with E-state index in [-0.39, 0.29) is 38.8 Å². The maximum atomic E-state index is 12.0. The Balaban J connectivity index is 1.42. The average Bonchev–Trinajstić information content (AvgIpc) is 3.52. The maximum absolute atomic E-state index is 12.0. The Labute approximate surface area is 227 Å². The molecule has 2 atom stereocenters. The summed E-state index contributed by atoms with van der Waals surface area (Å²) in [6.45, 7) is 3.35. The highest BCUT2D eigenvalue weighted by molar-refractivity contribution is 7.89. The van der Waals surface area contributed by atoms with Crippen LogP contribution in [0.5, 0.6) is 5.88 Å².